The first kappa shape index (κ1) is 16.9. The van der Waals surface area contributed by atoms with Gasteiger partial charge >= 0.3 is 0 Å². The lowest BCUT2D eigenvalue weighted by Gasteiger charge is -2.34. The standard InChI is InChI=1S/C16H24N2O3S2/c1-13-5-6-15(22-13)23(20,21)18-11-7-14(8-12-18)16(19)17-9-3-2-4-10-17/h5-6,14H,2-4,7-12H2,1H3. The summed E-state index contributed by atoms with van der Waals surface area (Å²) in [5, 5.41) is 0. The maximum Gasteiger partial charge on any atom is 0.252 e. The van der Waals surface area contributed by atoms with E-state index in [0.717, 1.165) is 30.8 Å². The predicted octanol–water partition coefficient (Wildman–Crippen LogP) is 2.47. The van der Waals surface area contributed by atoms with E-state index in [0.29, 0.717) is 30.1 Å². The molecule has 1 aromatic rings. The van der Waals surface area contributed by atoms with Crippen LogP contribution < -0.4 is 0 Å². The van der Waals surface area contributed by atoms with Crippen molar-refractivity contribution < 1.29 is 13.2 Å². The number of thiophene rings is 1. The third-order valence-electron chi connectivity index (χ3n) is 4.78. The lowest BCUT2D eigenvalue weighted by molar-refractivity contribution is -0.137. The summed E-state index contributed by atoms with van der Waals surface area (Å²) in [7, 11) is -3.39. The summed E-state index contributed by atoms with van der Waals surface area (Å²) in [5.74, 6) is 0.221. The van der Waals surface area contributed by atoms with Crippen molar-refractivity contribution in [3.8, 4) is 0 Å². The van der Waals surface area contributed by atoms with Gasteiger partial charge in [-0.05, 0) is 51.2 Å². The van der Waals surface area contributed by atoms with Gasteiger partial charge in [-0.3, -0.25) is 4.79 Å². The van der Waals surface area contributed by atoms with E-state index in [1.165, 1.54) is 22.1 Å². The zero-order valence-corrected chi connectivity index (χ0v) is 15.2. The molecule has 23 heavy (non-hydrogen) atoms. The molecule has 7 heteroatoms. The second kappa shape index (κ2) is 6.91. The van der Waals surface area contributed by atoms with Crippen molar-refractivity contribution in [3.05, 3.63) is 17.0 Å². The Labute approximate surface area is 142 Å². The molecule has 1 amide bonds. The van der Waals surface area contributed by atoms with E-state index < -0.39 is 10.0 Å². The molecule has 0 radical (unpaired) electrons. The third-order valence-corrected chi connectivity index (χ3v) is 8.15. The van der Waals surface area contributed by atoms with Crippen LogP contribution in [0.4, 0.5) is 0 Å². The number of carbonyl (C=O) groups excluding carboxylic acids is 1. The van der Waals surface area contributed by atoms with Crippen molar-refractivity contribution in [3.63, 3.8) is 0 Å². The minimum Gasteiger partial charge on any atom is -0.342 e. The molecule has 0 spiro atoms. The Morgan fingerprint density at radius 1 is 1.09 bits per heavy atom. The van der Waals surface area contributed by atoms with Gasteiger partial charge in [0.2, 0.25) is 5.91 Å². The van der Waals surface area contributed by atoms with Crippen molar-refractivity contribution in [2.75, 3.05) is 26.2 Å². The Bertz CT molecular complexity index is 655. The van der Waals surface area contributed by atoms with Gasteiger partial charge in [0.05, 0.1) is 0 Å². The number of hydrogen-bond donors (Lipinski definition) is 0. The van der Waals surface area contributed by atoms with Crippen LogP contribution in [0, 0.1) is 12.8 Å². The van der Waals surface area contributed by atoms with Gasteiger partial charge < -0.3 is 4.90 Å². The van der Waals surface area contributed by atoms with Gasteiger partial charge in [0, 0.05) is 37.0 Å². The van der Waals surface area contributed by atoms with Crippen LogP contribution in [0.5, 0.6) is 0 Å². The number of aryl methyl sites for hydroxylation is 1. The van der Waals surface area contributed by atoms with Crippen molar-refractivity contribution in [2.45, 2.75) is 43.2 Å². The monoisotopic (exact) mass is 356 g/mol. The Kier molecular flexibility index (Phi) is 5.08. The first-order valence-electron chi connectivity index (χ1n) is 8.34. The highest BCUT2D eigenvalue weighted by Crippen LogP contribution is 2.29. The van der Waals surface area contributed by atoms with E-state index in [1.54, 1.807) is 6.07 Å². The molecule has 2 aliphatic rings. The van der Waals surface area contributed by atoms with Crippen LogP contribution in [0.15, 0.2) is 16.3 Å². The molecule has 128 valence electrons. The number of likely N-dealkylation sites (tertiary alicyclic amines) is 1. The Morgan fingerprint density at radius 2 is 1.74 bits per heavy atom. The number of carbonyl (C=O) groups is 1. The zero-order chi connectivity index (χ0) is 16.4. The molecule has 2 fully saturated rings. The van der Waals surface area contributed by atoms with Crippen LogP contribution in [-0.4, -0.2) is 49.7 Å². The number of piperidine rings is 2. The smallest absolute Gasteiger partial charge is 0.252 e. The molecular formula is C16H24N2O3S2. The van der Waals surface area contributed by atoms with E-state index in [9.17, 15) is 13.2 Å². The van der Waals surface area contributed by atoms with Crippen molar-refractivity contribution in [2.24, 2.45) is 5.92 Å². The van der Waals surface area contributed by atoms with Crippen LogP contribution in [-0.2, 0) is 14.8 Å². The van der Waals surface area contributed by atoms with Crippen molar-refractivity contribution in [1.82, 2.24) is 9.21 Å². The average molecular weight is 357 g/mol. The zero-order valence-electron chi connectivity index (χ0n) is 13.5. The molecule has 2 saturated heterocycles. The summed E-state index contributed by atoms with van der Waals surface area (Å²) in [5.41, 5.74) is 0. The topological polar surface area (TPSA) is 57.7 Å². The first-order valence-corrected chi connectivity index (χ1v) is 10.6. The molecule has 0 atom stereocenters. The fraction of sp³-hybridized carbons (Fsp3) is 0.688. The third kappa shape index (κ3) is 3.61. The minimum atomic E-state index is -3.39. The van der Waals surface area contributed by atoms with Crippen LogP contribution >= 0.6 is 11.3 Å². The molecular weight excluding hydrogens is 332 g/mol. The predicted molar refractivity (Wildman–Crippen MR) is 91.0 cm³/mol. The van der Waals surface area contributed by atoms with Crippen molar-refractivity contribution >= 4 is 27.3 Å². The van der Waals surface area contributed by atoms with Gasteiger partial charge in [-0.25, -0.2) is 8.42 Å². The number of nitrogens with zero attached hydrogens (tertiary/aromatic N) is 2. The second-order valence-corrected chi connectivity index (χ2v) is 9.88. The largest absolute Gasteiger partial charge is 0.342 e. The van der Waals surface area contributed by atoms with Gasteiger partial charge in [-0.2, -0.15) is 4.31 Å². The lowest BCUT2D eigenvalue weighted by Crippen LogP contribution is -2.45. The highest BCUT2D eigenvalue weighted by Gasteiger charge is 2.34. The highest BCUT2D eigenvalue weighted by molar-refractivity contribution is 7.91. The highest BCUT2D eigenvalue weighted by atomic mass is 32.2. The summed E-state index contributed by atoms with van der Waals surface area (Å²) in [6, 6.07) is 3.52. The molecule has 0 N–H and O–H groups in total. The summed E-state index contributed by atoms with van der Waals surface area (Å²) in [6.45, 7) is 4.54. The fourth-order valence-electron chi connectivity index (χ4n) is 3.39. The maximum atomic E-state index is 12.6. The minimum absolute atomic E-state index is 0.00961. The molecule has 5 nitrogen and oxygen atoms in total. The fourth-order valence-corrected chi connectivity index (χ4v) is 6.30. The number of rotatable bonds is 3. The molecule has 0 bridgehead atoms. The molecule has 0 aliphatic carbocycles. The Balaban J connectivity index is 1.60. The SMILES string of the molecule is Cc1ccc(S(=O)(=O)N2CCC(C(=O)N3CCCCC3)CC2)s1. The van der Waals surface area contributed by atoms with Gasteiger partial charge in [0.25, 0.3) is 10.0 Å². The summed E-state index contributed by atoms with van der Waals surface area (Å²) in [6.07, 6.45) is 4.67. The first-order chi connectivity index (χ1) is 11.0. The molecule has 0 unspecified atom stereocenters. The molecule has 1 aromatic heterocycles. The summed E-state index contributed by atoms with van der Waals surface area (Å²) < 4.78 is 27.2. The van der Waals surface area contributed by atoms with Gasteiger partial charge in [0.15, 0.2) is 0 Å². The van der Waals surface area contributed by atoms with Crippen LogP contribution in [0.2, 0.25) is 0 Å². The Morgan fingerprint density at radius 3 is 2.30 bits per heavy atom. The van der Waals surface area contributed by atoms with E-state index in [4.69, 9.17) is 0 Å². The van der Waals surface area contributed by atoms with Crippen LogP contribution in [0.25, 0.3) is 0 Å². The van der Waals surface area contributed by atoms with Crippen LogP contribution in [0.1, 0.15) is 37.0 Å². The normalized spacial score (nSPS) is 21.5. The number of amides is 1. The number of hydrogen-bond acceptors (Lipinski definition) is 4. The van der Waals surface area contributed by atoms with Gasteiger partial charge in [-0.1, -0.05) is 0 Å². The molecule has 0 saturated carbocycles. The van der Waals surface area contributed by atoms with Crippen molar-refractivity contribution in [1.29, 1.82) is 0 Å². The molecule has 3 rings (SSSR count). The molecule has 0 aromatic carbocycles. The summed E-state index contributed by atoms with van der Waals surface area (Å²) >= 11 is 1.31. The van der Waals surface area contributed by atoms with E-state index in [1.807, 2.05) is 17.9 Å². The van der Waals surface area contributed by atoms with Gasteiger partial charge in [-0.15, -0.1) is 11.3 Å². The van der Waals surface area contributed by atoms with Crippen LogP contribution in [0.3, 0.4) is 0 Å². The summed E-state index contributed by atoms with van der Waals surface area (Å²) in [4.78, 5) is 15.5. The molecule has 2 aliphatic heterocycles. The second-order valence-electron chi connectivity index (χ2n) is 6.43. The quantitative estimate of drug-likeness (QED) is 0.836. The average Bonchev–Trinajstić information content (AvgIpc) is 3.02. The lowest BCUT2D eigenvalue weighted by atomic mass is 9.95. The maximum absolute atomic E-state index is 12.6. The number of sulfonamides is 1. The van der Waals surface area contributed by atoms with E-state index in [2.05, 4.69) is 0 Å². The van der Waals surface area contributed by atoms with E-state index in [-0.39, 0.29) is 11.8 Å². The van der Waals surface area contributed by atoms with Gasteiger partial charge in [0.1, 0.15) is 4.21 Å². The molecule has 3 heterocycles. The Hall–Kier alpha value is -0.920. The van der Waals surface area contributed by atoms with E-state index >= 15 is 0 Å².